The first-order valence-corrected chi connectivity index (χ1v) is 9.47. The van der Waals surface area contributed by atoms with Gasteiger partial charge in [-0.15, -0.1) is 11.7 Å². The summed E-state index contributed by atoms with van der Waals surface area (Å²) in [5, 5.41) is 8.87. The number of hydrogen-bond donors (Lipinski definition) is 0. The molecule has 27 heavy (non-hydrogen) atoms. The third-order valence-electron chi connectivity index (χ3n) is 4.14. The van der Waals surface area contributed by atoms with E-state index >= 15 is 0 Å². The van der Waals surface area contributed by atoms with Crippen LogP contribution in [0.1, 0.15) is 18.1 Å². The number of rotatable bonds is 6. The Kier molecular flexibility index (Phi) is 6.19. The Morgan fingerprint density at radius 2 is 1.93 bits per heavy atom. The second-order valence-electron chi connectivity index (χ2n) is 6.11. The predicted octanol–water partition coefficient (Wildman–Crippen LogP) is 4.28. The predicted molar refractivity (Wildman–Crippen MR) is 109 cm³/mol. The van der Waals surface area contributed by atoms with Gasteiger partial charge in [-0.25, -0.2) is 4.39 Å². The SMILES string of the molecule is C=CCN1C(=O)C(Cc2ccccc2)S/C1=N/N=C(/C)c1ccc(F)cc1. The highest BCUT2D eigenvalue weighted by atomic mass is 32.2. The minimum absolute atomic E-state index is 0.0112. The summed E-state index contributed by atoms with van der Waals surface area (Å²) in [5.41, 5.74) is 2.54. The molecule has 0 saturated carbocycles. The van der Waals surface area contributed by atoms with E-state index in [1.807, 2.05) is 30.3 Å². The fourth-order valence-electron chi connectivity index (χ4n) is 2.71. The quantitative estimate of drug-likeness (QED) is 0.426. The first kappa shape index (κ1) is 19.0. The molecule has 2 aromatic rings. The maximum Gasteiger partial charge on any atom is 0.242 e. The molecule has 3 rings (SSSR count). The van der Waals surface area contributed by atoms with E-state index in [4.69, 9.17) is 0 Å². The molecule has 0 radical (unpaired) electrons. The van der Waals surface area contributed by atoms with Crippen LogP contribution < -0.4 is 0 Å². The highest BCUT2D eigenvalue weighted by Gasteiger charge is 2.37. The zero-order chi connectivity index (χ0) is 19.2. The summed E-state index contributed by atoms with van der Waals surface area (Å²) in [6.07, 6.45) is 2.31. The molecule has 0 spiro atoms. The summed E-state index contributed by atoms with van der Waals surface area (Å²) < 4.78 is 13.1. The van der Waals surface area contributed by atoms with Gasteiger partial charge in [0, 0.05) is 6.54 Å². The Hall–Kier alpha value is -2.73. The van der Waals surface area contributed by atoms with Gasteiger partial charge in [-0.2, -0.15) is 5.10 Å². The molecule has 0 aromatic heterocycles. The zero-order valence-electron chi connectivity index (χ0n) is 15.0. The van der Waals surface area contributed by atoms with Gasteiger partial charge < -0.3 is 0 Å². The fourth-order valence-corrected chi connectivity index (χ4v) is 3.85. The maximum atomic E-state index is 13.1. The molecule has 0 bridgehead atoms. The van der Waals surface area contributed by atoms with Gasteiger partial charge in [-0.1, -0.05) is 60.3 Å². The molecule has 6 heteroatoms. The van der Waals surface area contributed by atoms with Gasteiger partial charge in [-0.05, 0) is 36.6 Å². The number of amides is 1. The molecule has 1 saturated heterocycles. The van der Waals surface area contributed by atoms with E-state index in [0.717, 1.165) is 11.1 Å². The second-order valence-corrected chi connectivity index (χ2v) is 7.28. The van der Waals surface area contributed by atoms with Crippen molar-refractivity contribution in [2.24, 2.45) is 10.2 Å². The van der Waals surface area contributed by atoms with Crippen LogP contribution in [-0.4, -0.2) is 33.5 Å². The van der Waals surface area contributed by atoms with Crippen molar-refractivity contribution >= 4 is 28.5 Å². The summed E-state index contributed by atoms with van der Waals surface area (Å²) in [6, 6.07) is 16.0. The summed E-state index contributed by atoms with van der Waals surface area (Å²) in [5.74, 6) is -0.284. The molecule has 1 aliphatic rings. The first-order valence-electron chi connectivity index (χ1n) is 8.59. The number of carbonyl (C=O) groups is 1. The van der Waals surface area contributed by atoms with Crippen molar-refractivity contribution in [3.63, 3.8) is 0 Å². The molecule has 1 unspecified atom stereocenters. The molecule has 1 amide bonds. The minimum atomic E-state index is -0.296. The van der Waals surface area contributed by atoms with E-state index in [1.165, 1.54) is 23.9 Å². The molecule has 0 aliphatic carbocycles. The van der Waals surface area contributed by atoms with Gasteiger partial charge in [0.15, 0.2) is 5.17 Å². The maximum absolute atomic E-state index is 13.1. The van der Waals surface area contributed by atoms with E-state index in [-0.39, 0.29) is 17.0 Å². The Morgan fingerprint density at radius 1 is 1.22 bits per heavy atom. The van der Waals surface area contributed by atoms with Crippen LogP contribution >= 0.6 is 11.8 Å². The molecule has 1 aliphatic heterocycles. The van der Waals surface area contributed by atoms with Gasteiger partial charge in [0.1, 0.15) is 5.82 Å². The molecule has 4 nitrogen and oxygen atoms in total. The first-order chi connectivity index (χ1) is 13.1. The highest BCUT2D eigenvalue weighted by molar-refractivity contribution is 8.15. The Bertz CT molecular complexity index is 878. The van der Waals surface area contributed by atoms with Gasteiger partial charge in [-0.3, -0.25) is 9.69 Å². The molecule has 1 atom stereocenters. The number of carbonyl (C=O) groups excluding carboxylic acids is 1. The lowest BCUT2D eigenvalue weighted by molar-refractivity contribution is -0.125. The normalized spacial score (nSPS) is 19.0. The van der Waals surface area contributed by atoms with E-state index in [2.05, 4.69) is 16.8 Å². The van der Waals surface area contributed by atoms with Crippen molar-refractivity contribution in [1.82, 2.24) is 4.90 Å². The van der Waals surface area contributed by atoms with Crippen molar-refractivity contribution in [3.05, 3.63) is 84.2 Å². The smallest absolute Gasteiger partial charge is 0.242 e. The van der Waals surface area contributed by atoms with Crippen LogP contribution in [0.15, 0.2) is 77.5 Å². The molecular weight excluding hydrogens is 361 g/mol. The van der Waals surface area contributed by atoms with Crippen molar-refractivity contribution < 1.29 is 9.18 Å². The highest BCUT2D eigenvalue weighted by Crippen LogP contribution is 2.30. The topological polar surface area (TPSA) is 45.0 Å². The van der Waals surface area contributed by atoms with Crippen LogP contribution in [0, 0.1) is 5.82 Å². The monoisotopic (exact) mass is 381 g/mol. The van der Waals surface area contributed by atoms with E-state index < -0.39 is 0 Å². The molecule has 2 aromatic carbocycles. The molecule has 1 heterocycles. The standard InChI is InChI=1S/C21H20FN3OS/c1-3-13-25-20(26)19(14-16-7-5-4-6-8-16)27-21(25)24-23-15(2)17-9-11-18(22)12-10-17/h3-12,19H,1,13-14H2,2H3/b23-15-,24-21+. The lowest BCUT2D eigenvalue weighted by atomic mass is 10.1. The fraction of sp³-hybridized carbons (Fsp3) is 0.190. The van der Waals surface area contributed by atoms with Gasteiger partial charge >= 0.3 is 0 Å². The van der Waals surface area contributed by atoms with Crippen LogP contribution in [0.25, 0.3) is 0 Å². The lowest BCUT2D eigenvalue weighted by Gasteiger charge is -2.13. The Morgan fingerprint density at radius 3 is 2.59 bits per heavy atom. The average molecular weight is 381 g/mol. The summed E-state index contributed by atoms with van der Waals surface area (Å²) in [7, 11) is 0. The molecule has 138 valence electrons. The Balaban J connectivity index is 1.80. The number of benzene rings is 2. The Labute approximate surface area is 162 Å². The minimum Gasteiger partial charge on any atom is -0.285 e. The van der Waals surface area contributed by atoms with Crippen LogP contribution in [0.5, 0.6) is 0 Å². The molecule has 1 fully saturated rings. The number of nitrogens with zero attached hydrogens (tertiary/aromatic N) is 3. The average Bonchev–Trinajstić information content (AvgIpc) is 2.97. The number of thioether (sulfide) groups is 1. The summed E-state index contributed by atoms with van der Waals surface area (Å²) in [4.78, 5) is 14.4. The van der Waals surface area contributed by atoms with Gasteiger partial charge in [0.05, 0.1) is 11.0 Å². The van der Waals surface area contributed by atoms with Crippen LogP contribution in [-0.2, 0) is 11.2 Å². The van der Waals surface area contributed by atoms with E-state index in [9.17, 15) is 9.18 Å². The van der Waals surface area contributed by atoms with Crippen LogP contribution in [0.2, 0.25) is 0 Å². The molecule has 0 N–H and O–H groups in total. The van der Waals surface area contributed by atoms with Crippen LogP contribution in [0.4, 0.5) is 4.39 Å². The van der Waals surface area contributed by atoms with Crippen molar-refractivity contribution in [2.75, 3.05) is 6.54 Å². The summed E-state index contributed by atoms with van der Waals surface area (Å²) >= 11 is 1.41. The van der Waals surface area contributed by atoms with Gasteiger partial charge in [0.2, 0.25) is 5.91 Å². The number of halogens is 1. The third kappa shape index (κ3) is 4.71. The third-order valence-corrected chi connectivity index (χ3v) is 5.31. The van der Waals surface area contributed by atoms with Crippen molar-refractivity contribution in [1.29, 1.82) is 0 Å². The van der Waals surface area contributed by atoms with E-state index in [1.54, 1.807) is 30.0 Å². The van der Waals surface area contributed by atoms with Gasteiger partial charge in [0.25, 0.3) is 0 Å². The zero-order valence-corrected chi connectivity index (χ0v) is 15.8. The summed E-state index contributed by atoms with van der Waals surface area (Å²) in [6.45, 7) is 5.92. The number of hydrogen-bond acceptors (Lipinski definition) is 4. The lowest BCUT2D eigenvalue weighted by Crippen LogP contribution is -2.32. The molecular formula is C21H20FN3OS. The van der Waals surface area contributed by atoms with E-state index in [0.29, 0.717) is 23.8 Å². The van der Waals surface area contributed by atoms with Crippen molar-refractivity contribution in [3.8, 4) is 0 Å². The second kappa shape index (κ2) is 8.77. The number of amidine groups is 1. The van der Waals surface area contributed by atoms with Crippen LogP contribution in [0.3, 0.4) is 0 Å². The van der Waals surface area contributed by atoms with Crippen molar-refractivity contribution in [2.45, 2.75) is 18.6 Å². The largest absolute Gasteiger partial charge is 0.285 e.